The molecule has 5 rings (SSSR count). The quantitative estimate of drug-likeness (QED) is 0.517. The molecular weight excluding hydrogens is 348 g/mol. The molecule has 5 heteroatoms. The van der Waals surface area contributed by atoms with Crippen molar-refractivity contribution in [3.05, 3.63) is 91.0 Å². The molecule has 0 saturated heterocycles. The molecule has 0 atom stereocenters. The smallest absolute Gasteiger partial charge is 0.250 e. The highest BCUT2D eigenvalue weighted by molar-refractivity contribution is 6.16. The lowest BCUT2D eigenvalue weighted by molar-refractivity contribution is 0.100. The van der Waals surface area contributed by atoms with Gasteiger partial charge in [0.1, 0.15) is 6.33 Å². The molecule has 28 heavy (non-hydrogen) atoms. The lowest BCUT2D eigenvalue weighted by Gasteiger charge is -2.11. The molecular formula is C23H16N4O. The first-order chi connectivity index (χ1) is 13.7. The standard InChI is InChI=1S/C23H16N4O/c24-23(28)20-9-4-8-19-18-7-1-2-10-21(18)27(22(19)20)17-6-3-5-15(11-17)16-12-25-14-26-13-16/h1-14H,(H2,24,28). The number of carbonyl (C=O) groups is 1. The van der Waals surface area contributed by atoms with Crippen LogP contribution in [0.25, 0.3) is 38.6 Å². The van der Waals surface area contributed by atoms with Gasteiger partial charge in [-0.05, 0) is 29.8 Å². The maximum atomic E-state index is 12.2. The van der Waals surface area contributed by atoms with E-state index in [-0.39, 0.29) is 0 Å². The Morgan fingerprint density at radius 2 is 1.57 bits per heavy atom. The Kier molecular flexibility index (Phi) is 3.66. The number of carbonyl (C=O) groups excluding carboxylic acids is 1. The number of para-hydroxylation sites is 2. The van der Waals surface area contributed by atoms with Gasteiger partial charge in [0.2, 0.25) is 0 Å². The van der Waals surface area contributed by atoms with E-state index in [0.717, 1.165) is 38.6 Å². The average molecular weight is 364 g/mol. The van der Waals surface area contributed by atoms with Gasteiger partial charge in [-0.3, -0.25) is 4.79 Å². The first kappa shape index (κ1) is 16.2. The lowest BCUT2D eigenvalue weighted by atomic mass is 10.1. The van der Waals surface area contributed by atoms with E-state index in [0.29, 0.717) is 5.56 Å². The van der Waals surface area contributed by atoms with Crippen LogP contribution in [-0.2, 0) is 0 Å². The monoisotopic (exact) mass is 364 g/mol. The minimum Gasteiger partial charge on any atom is -0.366 e. The summed E-state index contributed by atoms with van der Waals surface area (Å²) in [5, 5.41) is 2.08. The Labute approximate surface area is 161 Å². The van der Waals surface area contributed by atoms with Gasteiger partial charge in [-0.1, -0.05) is 42.5 Å². The summed E-state index contributed by atoms with van der Waals surface area (Å²) in [7, 11) is 0. The summed E-state index contributed by atoms with van der Waals surface area (Å²) in [5.74, 6) is -0.442. The SMILES string of the molecule is NC(=O)c1cccc2c3ccccc3n(-c3cccc(-c4cncnc4)c3)c12. The highest BCUT2D eigenvalue weighted by Gasteiger charge is 2.17. The van der Waals surface area contributed by atoms with E-state index in [2.05, 4.69) is 32.7 Å². The maximum absolute atomic E-state index is 12.2. The molecule has 0 unspecified atom stereocenters. The molecule has 2 aromatic heterocycles. The van der Waals surface area contributed by atoms with Crippen molar-refractivity contribution in [2.24, 2.45) is 5.73 Å². The van der Waals surface area contributed by atoms with Crippen molar-refractivity contribution >= 4 is 27.7 Å². The molecule has 5 nitrogen and oxygen atoms in total. The highest BCUT2D eigenvalue weighted by atomic mass is 16.1. The third-order valence-electron chi connectivity index (χ3n) is 4.96. The predicted molar refractivity (Wildman–Crippen MR) is 110 cm³/mol. The minimum atomic E-state index is -0.442. The Balaban J connectivity index is 1.87. The van der Waals surface area contributed by atoms with Crippen molar-refractivity contribution in [1.29, 1.82) is 0 Å². The van der Waals surface area contributed by atoms with Gasteiger partial charge in [-0.25, -0.2) is 9.97 Å². The number of primary amides is 1. The van der Waals surface area contributed by atoms with Crippen molar-refractivity contribution in [2.75, 3.05) is 0 Å². The van der Waals surface area contributed by atoms with Gasteiger partial charge in [0.05, 0.1) is 16.6 Å². The van der Waals surface area contributed by atoms with E-state index in [1.165, 1.54) is 6.33 Å². The summed E-state index contributed by atoms with van der Waals surface area (Å²) in [4.78, 5) is 20.4. The molecule has 1 amide bonds. The molecule has 0 aliphatic heterocycles. The molecule has 134 valence electrons. The minimum absolute atomic E-state index is 0.442. The van der Waals surface area contributed by atoms with E-state index in [9.17, 15) is 4.79 Å². The Morgan fingerprint density at radius 3 is 2.39 bits per heavy atom. The second kappa shape index (κ2) is 6.32. The van der Waals surface area contributed by atoms with Gasteiger partial charge >= 0.3 is 0 Å². The number of hydrogen-bond donors (Lipinski definition) is 1. The number of hydrogen-bond acceptors (Lipinski definition) is 3. The van der Waals surface area contributed by atoms with E-state index in [1.54, 1.807) is 18.5 Å². The number of rotatable bonds is 3. The van der Waals surface area contributed by atoms with Crippen LogP contribution in [0, 0.1) is 0 Å². The zero-order chi connectivity index (χ0) is 19.1. The molecule has 2 heterocycles. The number of amides is 1. The molecule has 0 aliphatic rings. The summed E-state index contributed by atoms with van der Waals surface area (Å²) in [6.45, 7) is 0. The van der Waals surface area contributed by atoms with Crippen LogP contribution < -0.4 is 5.73 Å². The van der Waals surface area contributed by atoms with Gasteiger partial charge in [0.15, 0.2) is 0 Å². The highest BCUT2D eigenvalue weighted by Crippen LogP contribution is 2.34. The fourth-order valence-corrected chi connectivity index (χ4v) is 3.76. The zero-order valence-corrected chi connectivity index (χ0v) is 14.9. The second-order valence-corrected chi connectivity index (χ2v) is 6.60. The van der Waals surface area contributed by atoms with Gasteiger partial charge in [0.25, 0.3) is 5.91 Å². The van der Waals surface area contributed by atoms with Gasteiger partial charge in [-0.15, -0.1) is 0 Å². The van der Waals surface area contributed by atoms with Crippen LogP contribution in [-0.4, -0.2) is 20.4 Å². The normalized spacial score (nSPS) is 11.1. The molecule has 0 radical (unpaired) electrons. The fraction of sp³-hybridized carbons (Fsp3) is 0. The molecule has 2 N–H and O–H groups in total. The third-order valence-corrected chi connectivity index (χ3v) is 4.96. The largest absolute Gasteiger partial charge is 0.366 e. The van der Waals surface area contributed by atoms with Crippen LogP contribution in [0.5, 0.6) is 0 Å². The van der Waals surface area contributed by atoms with Crippen molar-refractivity contribution in [1.82, 2.24) is 14.5 Å². The summed E-state index contributed by atoms with van der Waals surface area (Å²) < 4.78 is 2.10. The van der Waals surface area contributed by atoms with Crippen molar-refractivity contribution in [3.63, 3.8) is 0 Å². The number of nitrogens with two attached hydrogens (primary N) is 1. The molecule has 0 saturated carbocycles. The van der Waals surface area contributed by atoms with Crippen LogP contribution in [0.15, 0.2) is 85.5 Å². The molecule has 5 aromatic rings. The Morgan fingerprint density at radius 1 is 0.821 bits per heavy atom. The summed E-state index contributed by atoms with van der Waals surface area (Å²) in [5.41, 5.74) is 10.9. The molecule has 0 spiro atoms. The molecule has 3 aromatic carbocycles. The first-order valence-corrected chi connectivity index (χ1v) is 8.92. The first-order valence-electron chi connectivity index (χ1n) is 8.92. The van der Waals surface area contributed by atoms with Crippen molar-refractivity contribution < 1.29 is 4.79 Å². The molecule has 0 bridgehead atoms. The average Bonchev–Trinajstić information content (AvgIpc) is 3.09. The van der Waals surface area contributed by atoms with Gasteiger partial charge in [-0.2, -0.15) is 0 Å². The van der Waals surface area contributed by atoms with Gasteiger partial charge in [0, 0.05) is 34.4 Å². The van der Waals surface area contributed by atoms with E-state index in [1.807, 2.05) is 42.5 Å². The topological polar surface area (TPSA) is 73.8 Å². The second-order valence-electron chi connectivity index (χ2n) is 6.60. The van der Waals surface area contributed by atoms with Crippen molar-refractivity contribution in [2.45, 2.75) is 0 Å². The Hall–Kier alpha value is -3.99. The number of benzene rings is 3. The van der Waals surface area contributed by atoms with Crippen LogP contribution in [0.4, 0.5) is 0 Å². The van der Waals surface area contributed by atoms with Crippen LogP contribution in [0.3, 0.4) is 0 Å². The van der Waals surface area contributed by atoms with Crippen LogP contribution in [0.1, 0.15) is 10.4 Å². The lowest BCUT2D eigenvalue weighted by Crippen LogP contribution is -2.12. The van der Waals surface area contributed by atoms with E-state index >= 15 is 0 Å². The van der Waals surface area contributed by atoms with E-state index in [4.69, 9.17) is 5.73 Å². The van der Waals surface area contributed by atoms with Gasteiger partial charge < -0.3 is 10.3 Å². The number of nitrogens with zero attached hydrogens (tertiary/aromatic N) is 3. The number of fused-ring (bicyclic) bond motifs is 3. The Bertz CT molecular complexity index is 1340. The molecule has 0 fully saturated rings. The fourth-order valence-electron chi connectivity index (χ4n) is 3.76. The number of aromatic nitrogens is 3. The van der Waals surface area contributed by atoms with Crippen LogP contribution in [0.2, 0.25) is 0 Å². The third kappa shape index (κ3) is 2.45. The zero-order valence-electron chi connectivity index (χ0n) is 14.9. The predicted octanol–water partition coefficient (Wildman–Crippen LogP) is 4.34. The van der Waals surface area contributed by atoms with Crippen LogP contribution >= 0.6 is 0 Å². The summed E-state index contributed by atoms with van der Waals surface area (Å²) in [6.07, 6.45) is 5.08. The van der Waals surface area contributed by atoms with Crippen molar-refractivity contribution in [3.8, 4) is 16.8 Å². The molecule has 0 aliphatic carbocycles. The summed E-state index contributed by atoms with van der Waals surface area (Å²) in [6, 6.07) is 21.9. The summed E-state index contributed by atoms with van der Waals surface area (Å²) >= 11 is 0. The van der Waals surface area contributed by atoms with E-state index < -0.39 is 5.91 Å². The maximum Gasteiger partial charge on any atom is 0.250 e.